The standard InChI is InChI=1S/C28H32N2O5/c1-19(31)30-24(16-20-10-4-2-5-11-20)27(33)29(18-21-12-6-3-7-13-21)23-15-9-8-14-22(23)26(32)17-25(30)28(34)35/h3,6-9,12-15,20,24-25H,2,4-5,10-11,16-18H2,1H3,(H,34,35)/t24-,25+/m1/s1. The van der Waals surface area contributed by atoms with Crippen molar-refractivity contribution >= 4 is 29.3 Å². The highest BCUT2D eigenvalue weighted by Crippen LogP contribution is 2.34. The Morgan fingerprint density at radius 1 is 0.943 bits per heavy atom. The summed E-state index contributed by atoms with van der Waals surface area (Å²) in [4.78, 5) is 55.7. The number of para-hydroxylation sites is 1. The number of fused-ring (bicyclic) bond motifs is 1. The normalized spacial score (nSPS) is 21.6. The van der Waals surface area contributed by atoms with E-state index in [1.54, 1.807) is 29.2 Å². The van der Waals surface area contributed by atoms with E-state index in [4.69, 9.17) is 0 Å². The molecule has 1 aliphatic heterocycles. The Balaban J connectivity index is 1.85. The van der Waals surface area contributed by atoms with Crippen molar-refractivity contribution in [3.8, 4) is 0 Å². The molecule has 2 amide bonds. The number of aliphatic carboxylic acids is 1. The van der Waals surface area contributed by atoms with Crippen molar-refractivity contribution in [2.75, 3.05) is 4.90 Å². The molecule has 0 bridgehead atoms. The zero-order valence-corrected chi connectivity index (χ0v) is 20.1. The number of ketones is 1. The smallest absolute Gasteiger partial charge is 0.326 e. The Labute approximate surface area is 205 Å². The summed E-state index contributed by atoms with van der Waals surface area (Å²) in [6.07, 6.45) is 5.17. The molecule has 2 aromatic carbocycles. The number of hydrogen-bond donors (Lipinski definition) is 1. The van der Waals surface area contributed by atoms with Crippen LogP contribution in [0, 0.1) is 5.92 Å². The summed E-state index contributed by atoms with van der Waals surface area (Å²) in [6.45, 7) is 1.50. The summed E-state index contributed by atoms with van der Waals surface area (Å²) < 4.78 is 0. The SMILES string of the molecule is CC(=O)N1[C@H](CC2CCCCC2)C(=O)N(Cc2ccccc2)c2ccccc2C(=O)C[C@H]1C(=O)O. The number of hydrogen-bond acceptors (Lipinski definition) is 4. The first-order valence-electron chi connectivity index (χ1n) is 12.4. The first kappa shape index (κ1) is 24.6. The Bertz CT molecular complexity index is 1090. The molecule has 4 rings (SSSR count). The molecular formula is C28H32N2O5. The summed E-state index contributed by atoms with van der Waals surface area (Å²) >= 11 is 0. The van der Waals surface area contributed by atoms with E-state index >= 15 is 0 Å². The average Bonchev–Trinajstić information content (AvgIpc) is 2.89. The number of carbonyl (C=O) groups is 4. The molecular weight excluding hydrogens is 444 g/mol. The maximum atomic E-state index is 14.3. The number of anilines is 1. The third-order valence-electron chi connectivity index (χ3n) is 7.21. The van der Waals surface area contributed by atoms with Crippen LogP contribution < -0.4 is 4.90 Å². The summed E-state index contributed by atoms with van der Waals surface area (Å²) in [7, 11) is 0. The average molecular weight is 477 g/mol. The zero-order chi connectivity index (χ0) is 24.9. The second kappa shape index (κ2) is 10.8. The van der Waals surface area contributed by atoms with Gasteiger partial charge < -0.3 is 14.9 Å². The van der Waals surface area contributed by atoms with E-state index in [0.717, 1.165) is 37.7 Å². The van der Waals surface area contributed by atoms with Crippen molar-refractivity contribution in [3.63, 3.8) is 0 Å². The summed E-state index contributed by atoms with van der Waals surface area (Å²) in [5.41, 5.74) is 1.63. The summed E-state index contributed by atoms with van der Waals surface area (Å²) in [5.74, 6) is -2.31. The minimum absolute atomic E-state index is 0.217. The molecule has 0 saturated heterocycles. The molecule has 7 nitrogen and oxygen atoms in total. The van der Waals surface area contributed by atoms with Crippen LogP contribution in [0.15, 0.2) is 54.6 Å². The Kier molecular flexibility index (Phi) is 7.63. The van der Waals surface area contributed by atoms with Crippen LogP contribution in [0.4, 0.5) is 5.69 Å². The lowest BCUT2D eigenvalue weighted by Gasteiger charge is -2.38. The number of carbonyl (C=O) groups excluding carboxylic acids is 3. The van der Waals surface area contributed by atoms with Crippen LogP contribution >= 0.6 is 0 Å². The number of rotatable bonds is 5. The third kappa shape index (κ3) is 5.45. The largest absolute Gasteiger partial charge is 0.480 e. The highest BCUT2D eigenvalue weighted by atomic mass is 16.4. The maximum Gasteiger partial charge on any atom is 0.326 e. The zero-order valence-electron chi connectivity index (χ0n) is 20.1. The van der Waals surface area contributed by atoms with E-state index in [9.17, 15) is 24.3 Å². The fraction of sp³-hybridized carbons (Fsp3) is 0.429. The number of carboxylic acid groups (broad SMARTS) is 1. The molecule has 2 aromatic rings. The van der Waals surface area contributed by atoms with E-state index in [0.29, 0.717) is 17.7 Å². The predicted molar refractivity (Wildman–Crippen MR) is 132 cm³/mol. The first-order valence-corrected chi connectivity index (χ1v) is 12.4. The van der Waals surface area contributed by atoms with E-state index in [1.165, 1.54) is 11.8 Å². The van der Waals surface area contributed by atoms with Gasteiger partial charge in [-0.15, -0.1) is 0 Å². The van der Waals surface area contributed by atoms with Crippen LogP contribution in [0.5, 0.6) is 0 Å². The molecule has 0 spiro atoms. The lowest BCUT2D eigenvalue weighted by molar-refractivity contribution is -0.154. The van der Waals surface area contributed by atoms with Crippen LogP contribution in [0.1, 0.15) is 67.8 Å². The lowest BCUT2D eigenvalue weighted by Crippen LogP contribution is -2.57. The number of benzene rings is 2. The third-order valence-corrected chi connectivity index (χ3v) is 7.21. The number of carboxylic acids is 1. The Morgan fingerprint density at radius 2 is 1.60 bits per heavy atom. The fourth-order valence-electron chi connectivity index (χ4n) is 5.49. The lowest BCUT2D eigenvalue weighted by atomic mass is 9.83. The molecule has 0 radical (unpaired) electrons. The van der Waals surface area contributed by atoms with Gasteiger partial charge in [-0.25, -0.2) is 4.79 Å². The van der Waals surface area contributed by atoms with Gasteiger partial charge in [-0.2, -0.15) is 0 Å². The number of Topliss-reactive ketones (excluding diaryl/α,β-unsaturated/α-hetero) is 1. The van der Waals surface area contributed by atoms with Gasteiger partial charge in [-0.1, -0.05) is 74.6 Å². The maximum absolute atomic E-state index is 14.3. The quantitative estimate of drug-likeness (QED) is 0.688. The molecule has 7 heteroatoms. The van der Waals surface area contributed by atoms with E-state index < -0.39 is 29.7 Å². The van der Waals surface area contributed by atoms with Crippen LogP contribution in [0.25, 0.3) is 0 Å². The Hall–Kier alpha value is -3.48. The van der Waals surface area contributed by atoms with Crippen molar-refractivity contribution in [2.45, 2.75) is 70.5 Å². The van der Waals surface area contributed by atoms with Gasteiger partial charge in [0.05, 0.1) is 12.2 Å². The molecule has 0 unspecified atom stereocenters. The van der Waals surface area contributed by atoms with Gasteiger partial charge in [0.2, 0.25) is 11.8 Å². The van der Waals surface area contributed by atoms with Crippen LogP contribution in [-0.2, 0) is 20.9 Å². The molecule has 1 N–H and O–H groups in total. The minimum atomic E-state index is -1.40. The summed E-state index contributed by atoms with van der Waals surface area (Å²) in [5, 5.41) is 10.1. The van der Waals surface area contributed by atoms with Gasteiger partial charge >= 0.3 is 5.97 Å². The number of nitrogens with zero attached hydrogens (tertiary/aromatic N) is 2. The van der Waals surface area contributed by atoms with Gasteiger partial charge in [-0.3, -0.25) is 14.4 Å². The van der Waals surface area contributed by atoms with Crippen molar-refractivity contribution < 1.29 is 24.3 Å². The monoisotopic (exact) mass is 476 g/mol. The second-order valence-corrected chi connectivity index (χ2v) is 9.59. The van der Waals surface area contributed by atoms with Crippen molar-refractivity contribution in [1.82, 2.24) is 4.90 Å². The van der Waals surface area contributed by atoms with Crippen LogP contribution in [-0.4, -0.2) is 45.7 Å². The molecule has 0 aromatic heterocycles. The second-order valence-electron chi connectivity index (χ2n) is 9.59. The molecule has 1 aliphatic carbocycles. The minimum Gasteiger partial charge on any atom is -0.480 e. The predicted octanol–water partition coefficient (Wildman–Crippen LogP) is 4.45. The molecule has 184 valence electrons. The molecule has 2 aliphatic rings. The van der Waals surface area contributed by atoms with Crippen molar-refractivity contribution in [2.24, 2.45) is 5.92 Å². The fourth-order valence-corrected chi connectivity index (χ4v) is 5.49. The molecule has 35 heavy (non-hydrogen) atoms. The van der Waals surface area contributed by atoms with Gasteiger partial charge in [-0.05, 0) is 30.0 Å². The first-order chi connectivity index (χ1) is 16.9. The van der Waals surface area contributed by atoms with Gasteiger partial charge in [0.25, 0.3) is 0 Å². The molecule has 1 fully saturated rings. The topological polar surface area (TPSA) is 95.0 Å². The van der Waals surface area contributed by atoms with Gasteiger partial charge in [0, 0.05) is 18.9 Å². The van der Waals surface area contributed by atoms with Crippen molar-refractivity contribution in [3.05, 3.63) is 65.7 Å². The van der Waals surface area contributed by atoms with Gasteiger partial charge in [0.15, 0.2) is 5.78 Å². The molecule has 1 saturated carbocycles. The van der Waals surface area contributed by atoms with E-state index in [2.05, 4.69) is 0 Å². The highest BCUT2D eigenvalue weighted by molar-refractivity contribution is 6.09. The number of amides is 2. The molecule has 2 atom stereocenters. The van der Waals surface area contributed by atoms with Crippen LogP contribution in [0.2, 0.25) is 0 Å². The van der Waals surface area contributed by atoms with E-state index in [1.807, 2.05) is 30.3 Å². The van der Waals surface area contributed by atoms with E-state index in [-0.39, 0.29) is 24.8 Å². The molecule has 1 heterocycles. The van der Waals surface area contributed by atoms with Crippen LogP contribution in [0.3, 0.4) is 0 Å². The van der Waals surface area contributed by atoms with Crippen molar-refractivity contribution in [1.29, 1.82) is 0 Å². The summed E-state index contributed by atoms with van der Waals surface area (Å²) in [6, 6.07) is 13.9. The van der Waals surface area contributed by atoms with Gasteiger partial charge in [0.1, 0.15) is 12.1 Å². The Morgan fingerprint density at radius 3 is 2.26 bits per heavy atom. The highest BCUT2D eigenvalue weighted by Gasteiger charge is 2.43.